The summed E-state index contributed by atoms with van der Waals surface area (Å²) in [5, 5.41) is 0. The number of esters is 1. The second-order valence-electron chi connectivity index (χ2n) is 7.48. The molecule has 0 saturated heterocycles. The van der Waals surface area contributed by atoms with E-state index in [2.05, 4.69) is 6.08 Å². The predicted octanol–water partition coefficient (Wildman–Crippen LogP) is 1.22. The molecule has 1 amide bonds. The lowest BCUT2D eigenvalue weighted by Gasteiger charge is -2.22. The fourth-order valence-corrected chi connectivity index (χ4v) is 3.29. The average Bonchev–Trinajstić information content (AvgIpc) is 2.66. The normalized spacial score (nSPS) is 21.8. The maximum absolute atomic E-state index is 12.0. The van der Waals surface area contributed by atoms with Crippen LogP contribution >= 0.6 is 0 Å². The number of unbranched alkanes of at least 4 members (excludes halogenated alkanes) is 2. The van der Waals surface area contributed by atoms with Gasteiger partial charge in [-0.25, -0.2) is 5.84 Å². The van der Waals surface area contributed by atoms with E-state index in [0.717, 1.165) is 44.9 Å². The van der Waals surface area contributed by atoms with Crippen LogP contribution in [0.1, 0.15) is 70.6 Å². The van der Waals surface area contributed by atoms with Crippen LogP contribution in [0.3, 0.4) is 0 Å². The maximum Gasteiger partial charge on any atom is 0.306 e. The van der Waals surface area contributed by atoms with Crippen LogP contribution < -0.4 is 22.7 Å². The number of hydrogen-bond donors (Lipinski definition) is 4. The molecule has 0 saturated carbocycles. The quantitative estimate of drug-likeness (QED) is 0.0967. The highest BCUT2D eigenvalue weighted by molar-refractivity contribution is 5.80. The third-order valence-electron chi connectivity index (χ3n) is 5.12. The maximum atomic E-state index is 12.0. The first-order chi connectivity index (χ1) is 13.4. The van der Waals surface area contributed by atoms with Crippen molar-refractivity contribution in [1.82, 2.24) is 5.43 Å². The van der Waals surface area contributed by atoms with E-state index in [4.69, 9.17) is 22.0 Å². The molecule has 0 aliphatic heterocycles. The van der Waals surface area contributed by atoms with Crippen molar-refractivity contribution in [1.29, 1.82) is 0 Å². The minimum Gasteiger partial charge on any atom is -0.465 e. The molecule has 0 aromatic carbocycles. The van der Waals surface area contributed by atoms with Gasteiger partial charge in [-0.05, 0) is 38.0 Å². The molecule has 7 N–H and O–H groups in total. The molecular weight excluding hydrogens is 360 g/mol. The van der Waals surface area contributed by atoms with Crippen LogP contribution in [-0.4, -0.2) is 36.4 Å². The first-order valence-corrected chi connectivity index (χ1v) is 10.3. The molecule has 1 unspecified atom stereocenters. The molecule has 160 valence electrons. The van der Waals surface area contributed by atoms with Crippen LogP contribution in [0.2, 0.25) is 0 Å². The predicted molar refractivity (Wildman–Crippen MR) is 108 cm³/mol. The summed E-state index contributed by atoms with van der Waals surface area (Å²) in [6.45, 7) is 0.122. The molecule has 8 nitrogen and oxygen atoms in total. The highest BCUT2D eigenvalue weighted by Crippen LogP contribution is 2.21. The van der Waals surface area contributed by atoms with Crippen molar-refractivity contribution in [2.24, 2.45) is 23.2 Å². The number of allylic oxidation sites excluding steroid dienone is 1. The second-order valence-corrected chi connectivity index (χ2v) is 7.48. The van der Waals surface area contributed by atoms with Crippen LogP contribution in [0.15, 0.2) is 12.2 Å². The van der Waals surface area contributed by atoms with Gasteiger partial charge >= 0.3 is 5.97 Å². The minimum absolute atomic E-state index is 0.0717. The zero-order valence-electron chi connectivity index (χ0n) is 16.7. The first kappa shape index (κ1) is 24.3. The Morgan fingerprint density at radius 1 is 1.14 bits per heavy atom. The molecule has 0 radical (unpaired) electrons. The van der Waals surface area contributed by atoms with Gasteiger partial charge in [0.1, 0.15) is 5.78 Å². The number of ketones is 1. The number of nitrogens with two attached hydrogens (primary N) is 3. The van der Waals surface area contributed by atoms with Crippen LogP contribution in [0.5, 0.6) is 0 Å². The summed E-state index contributed by atoms with van der Waals surface area (Å²) >= 11 is 0. The highest BCUT2D eigenvalue weighted by Gasteiger charge is 2.21. The summed E-state index contributed by atoms with van der Waals surface area (Å²) in [5.74, 6) is 4.53. The molecule has 3 atom stereocenters. The second kappa shape index (κ2) is 14.3. The number of hydrogen-bond acceptors (Lipinski definition) is 7. The molecule has 0 heterocycles. The Balaban J connectivity index is 2.10. The first-order valence-electron chi connectivity index (χ1n) is 10.3. The van der Waals surface area contributed by atoms with E-state index in [1.54, 1.807) is 0 Å². The molecule has 0 aromatic rings. The van der Waals surface area contributed by atoms with Crippen molar-refractivity contribution in [2.75, 3.05) is 6.61 Å². The van der Waals surface area contributed by atoms with Crippen molar-refractivity contribution < 1.29 is 19.1 Å². The lowest BCUT2D eigenvalue weighted by molar-refractivity contribution is -0.145. The SMILES string of the molecule is NNC(=O)C(N)CCCCCC(=O)CCOC(=O)C[C@@H]1CCCC/C=C/[C@H]1N. The fourth-order valence-electron chi connectivity index (χ4n) is 3.29. The third kappa shape index (κ3) is 10.5. The van der Waals surface area contributed by atoms with E-state index >= 15 is 0 Å². The van der Waals surface area contributed by atoms with E-state index in [-0.39, 0.29) is 42.6 Å². The molecule has 1 aliphatic carbocycles. The molecule has 0 bridgehead atoms. The molecule has 8 heteroatoms. The Hall–Kier alpha value is -1.77. The number of ether oxygens (including phenoxy) is 1. The zero-order chi connectivity index (χ0) is 20.8. The van der Waals surface area contributed by atoms with E-state index in [1.807, 2.05) is 11.5 Å². The Labute approximate surface area is 167 Å². The molecule has 1 aliphatic rings. The number of rotatable bonds is 12. The Kier molecular flexibility index (Phi) is 12.4. The smallest absolute Gasteiger partial charge is 0.306 e. The van der Waals surface area contributed by atoms with Gasteiger partial charge in [0, 0.05) is 18.9 Å². The van der Waals surface area contributed by atoms with Crippen molar-refractivity contribution in [3.8, 4) is 0 Å². The van der Waals surface area contributed by atoms with Crippen molar-refractivity contribution >= 4 is 17.7 Å². The number of carbonyl (C=O) groups excluding carboxylic acids is 3. The molecule has 0 fully saturated rings. The van der Waals surface area contributed by atoms with E-state index < -0.39 is 6.04 Å². The molecule has 28 heavy (non-hydrogen) atoms. The Morgan fingerprint density at radius 2 is 1.93 bits per heavy atom. The van der Waals surface area contributed by atoms with E-state index in [9.17, 15) is 14.4 Å². The van der Waals surface area contributed by atoms with Crippen LogP contribution in [0.25, 0.3) is 0 Å². The molecule has 0 spiro atoms. The number of amides is 1. The van der Waals surface area contributed by atoms with Gasteiger partial charge in [0.05, 0.1) is 19.1 Å². The number of nitrogens with one attached hydrogen (secondary N) is 1. The number of Topliss-reactive ketones (excluding diaryl/α,β-unsaturated/α-hetero) is 1. The van der Waals surface area contributed by atoms with Gasteiger partial charge in [-0.3, -0.25) is 19.8 Å². The lowest BCUT2D eigenvalue weighted by Crippen LogP contribution is -2.43. The van der Waals surface area contributed by atoms with E-state index in [0.29, 0.717) is 19.3 Å². The Morgan fingerprint density at radius 3 is 2.68 bits per heavy atom. The van der Waals surface area contributed by atoms with Crippen molar-refractivity contribution in [2.45, 2.75) is 82.7 Å². The lowest BCUT2D eigenvalue weighted by atomic mass is 9.88. The van der Waals surface area contributed by atoms with Gasteiger partial charge in [-0.1, -0.05) is 31.4 Å². The summed E-state index contributed by atoms with van der Waals surface area (Å²) < 4.78 is 5.22. The summed E-state index contributed by atoms with van der Waals surface area (Å²) in [4.78, 5) is 35.1. The average molecular weight is 397 g/mol. The van der Waals surface area contributed by atoms with Crippen molar-refractivity contribution in [3.63, 3.8) is 0 Å². The summed E-state index contributed by atoms with van der Waals surface area (Å²) in [6, 6.07) is -0.722. The molecular formula is C20H36N4O4. The number of hydrazine groups is 1. The largest absolute Gasteiger partial charge is 0.465 e. The van der Waals surface area contributed by atoms with Gasteiger partial charge in [-0.15, -0.1) is 0 Å². The van der Waals surface area contributed by atoms with Crippen LogP contribution in [0, 0.1) is 5.92 Å². The van der Waals surface area contributed by atoms with Gasteiger partial charge < -0.3 is 16.2 Å². The van der Waals surface area contributed by atoms with Crippen LogP contribution in [0.4, 0.5) is 0 Å². The number of carbonyl (C=O) groups is 3. The van der Waals surface area contributed by atoms with Gasteiger partial charge in [0.2, 0.25) is 0 Å². The summed E-state index contributed by atoms with van der Waals surface area (Å²) in [7, 11) is 0. The standard InChI is InChI=1S/C20H36N4O4/c21-17-10-6-2-1-4-8-15(17)14-19(26)28-13-12-16(25)9-5-3-7-11-18(22)20(27)24-23/h6,10,15,17-18H,1-5,7-9,11-14,21-23H2,(H,24,27)/b10-6+/t15-,17+,18?/m0/s1. The highest BCUT2D eigenvalue weighted by atomic mass is 16.5. The van der Waals surface area contributed by atoms with Gasteiger partial charge in [0.15, 0.2) is 0 Å². The van der Waals surface area contributed by atoms with E-state index in [1.165, 1.54) is 0 Å². The third-order valence-corrected chi connectivity index (χ3v) is 5.12. The summed E-state index contributed by atoms with van der Waals surface area (Å²) in [5.41, 5.74) is 13.8. The molecule has 0 aromatic heterocycles. The van der Waals surface area contributed by atoms with Crippen molar-refractivity contribution in [3.05, 3.63) is 12.2 Å². The molecule has 1 rings (SSSR count). The minimum atomic E-state index is -0.610. The summed E-state index contributed by atoms with van der Waals surface area (Å²) in [6.07, 6.45) is 12.0. The topological polar surface area (TPSA) is 151 Å². The zero-order valence-corrected chi connectivity index (χ0v) is 16.7. The fraction of sp³-hybridized carbons (Fsp3) is 0.750. The monoisotopic (exact) mass is 396 g/mol. The van der Waals surface area contributed by atoms with Gasteiger partial charge in [-0.2, -0.15) is 0 Å². The van der Waals surface area contributed by atoms with Crippen LogP contribution in [-0.2, 0) is 19.1 Å². The Bertz CT molecular complexity index is 524. The van der Waals surface area contributed by atoms with Gasteiger partial charge in [0.25, 0.3) is 5.91 Å².